The summed E-state index contributed by atoms with van der Waals surface area (Å²) in [6.07, 6.45) is 0. The number of benzene rings is 2. The van der Waals surface area contributed by atoms with Crippen molar-refractivity contribution in [2.24, 2.45) is 5.92 Å². The Labute approximate surface area is 228 Å². The smallest absolute Gasteiger partial charge is 0.287 e. The number of hydroxylamine groups is 1. The lowest BCUT2D eigenvalue weighted by molar-refractivity contribution is -0.131. The van der Waals surface area contributed by atoms with E-state index in [1.807, 2.05) is 36.6 Å². The van der Waals surface area contributed by atoms with Crippen molar-refractivity contribution in [3.8, 4) is 11.1 Å². The van der Waals surface area contributed by atoms with Crippen LogP contribution in [0.3, 0.4) is 0 Å². The van der Waals surface area contributed by atoms with E-state index in [1.54, 1.807) is 26.0 Å². The summed E-state index contributed by atoms with van der Waals surface area (Å²) < 4.78 is 27.9. The second kappa shape index (κ2) is 11.5. The summed E-state index contributed by atoms with van der Waals surface area (Å²) >= 11 is 1.30. The molecule has 0 aliphatic rings. The molecule has 0 saturated carbocycles. The summed E-state index contributed by atoms with van der Waals surface area (Å²) in [7, 11) is -4.03. The Morgan fingerprint density at radius 2 is 1.82 bits per heavy atom. The van der Waals surface area contributed by atoms with E-state index in [9.17, 15) is 22.8 Å². The number of carbonyl (C=O) groups is 2. The normalized spacial score (nSPS) is 12.4. The van der Waals surface area contributed by atoms with E-state index in [1.165, 1.54) is 28.9 Å². The molecular weight excluding hydrogens is 542 g/mol. The summed E-state index contributed by atoms with van der Waals surface area (Å²) in [4.78, 5) is 44.1. The number of nitrogens with zero attached hydrogens (tertiary/aromatic N) is 1. The van der Waals surface area contributed by atoms with E-state index in [0.29, 0.717) is 10.2 Å². The minimum absolute atomic E-state index is 0.0366. The number of rotatable bonds is 9. The fraction of sp³-hybridized carbons (Fsp3) is 0.231. The molecule has 0 bridgehead atoms. The number of amides is 2. The third-order valence-corrected chi connectivity index (χ3v) is 8.51. The van der Waals surface area contributed by atoms with Gasteiger partial charge in [-0.25, -0.2) is 18.9 Å². The van der Waals surface area contributed by atoms with Gasteiger partial charge in [-0.1, -0.05) is 44.2 Å². The monoisotopic (exact) mass is 569 g/mol. The van der Waals surface area contributed by atoms with Gasteiger partial charge in [0, 0.05) is 6.54 Å². The van der Waals surface area contributed by atoms with Crippen molar-refractivity contribution >= 4 is 43.4 Å². The molecule has 0 radical (unpaired) electrons. The van der Waals surface area contributed by atoms with Crippen LogP contribution in [0.4, 0.5) is 0 Å². The minimum atomic E-state index is -4.03. The average molecular weight is 570 g/mol. The Balaban J connectivity index is 1.46. The summed E-state index contributed by atoms with van der Waals surface area (Å²) in [6, 6.07) is 12.3. The van der Waals surface area contributed by atoms with Crippen molar-refractivity contribution in [2.75, 3.05) is 0 Å². The molecule has 2 aromatic heterocycles. The molecule has 0 fully saturated rings. The number of hydrogen-bond acceptors (Lipinski definition) is 8. The number of aromatic amines is 1. The van der Waals surface area contributed by atoms with Gasteiger partial charge in [0.2, 0.25) is 15.8 Å². The first kappa shape index (κ1) is 28.1. The molecule has 0 spiro atoms. The Morgan fingerprint density at radius 3 is 2.49 bits per heavy atom. The molecule has 2 amide bonds. The fourth-order valence-corrected chi connectivity index (χ4v) is 6.21. The number of H-pyrrole nitrogens is 1. The van der Waals surface area contributed by atoms with Crippen LogP contribution in [-0.4, -0.2) is 41.4 Å². The van der Waals surface area contributed by atoms with Gasteiger partial charge in [-0.05, 0) is 58.7 Å². The molecule has 5 N–H and O–H groups in total. The van der Waals surface area contributed by atoms with Crippen LogP contribution in [-0.2, 0) is 21.4 Å². The van der Waals surface area contributed by atoms with Gasteiger partial charge in [0.15, 0.2) is 0 Å². The zero-order valence-electron chi connectivity index (χ0n) is 21.3. The molecule has 1 unspecified atom stereocenters. The van der Waals surface area contributed by atoms with Crippen LogP contribution in [0.2, 0.25) is 0 Å². The zero-order valence-corrected chi connectivity index (χ0v) is 22.9. The van der Waals surface area contributed by atoms with Crippen molar-refractivity contribution < 1.29 is 23.2 Å². The number of fused-ring (bicyclic) bond motifs is 1. The van der Waals surface area contributed by atoms with Crippen molar-refractivity contribution in [3.63, 3.8) is 0 Å². The van der Waals surface area contributed by atoms with Crippen LogP contribution in [0.5, 0.6) is 0 Å². The summed E-state index contributed by atoms with van der Waals surface area (Å²) in [5.41, 5.74) is 4.24. The molecule has 39 heavy (non-hydrogen) atoms. The fourth-order valence-electron chi connectivity index (χ4n) is 3.95. The molecule has 2 heterocycles. The van der Waals surface area contributed by atoms with Crippen LogP contribution < -0.4 is 21.1 Å². The number of sulfonamides is 1. The number of aryl methyl sites for hydroxylation is 1. The molecule has 4 rings (SSSR count). The van der Waals surface area contributed by atoms with E-state index in [0.717, 1.165) is 22.3 Å². The number of carbonyl (C=O) groups excluding carboxylic acids is 2. The van der Waals surface area contributed by atoms with Gasteiger partial charge in [-0.3, -0.25) is 19.6 Å². The molecule has 11 nitrogen and oxygen atoms in total. The predicted octanol–water partition coefficient (Wildman–Crippen LogP) is 2.70. The van der Waals surface area contributed by atoms with E-state index in [2.05, 4.69) is 20.0 Å². The van der Waals surface area contributed by atoms with Gasteiger partial charge in [-0.2, -0.15) is 4.72 Å². The summed E-state index contributed by atoms with van der Waals surface area (Å²) in [6.45, 7) is 5.30. The first-order chi connectivity index (χ1) is 18.5. The van der Waals surface area contributed by atoms with Crippen LogP contribution >= 0.6 is 11.3 Å². The standard InChI is InChI=1S/C26H27N5O6S2/c1-14(2)21(24(33)30-35)31-39(36,37)19-9-7-17(8-10-19)18-6-4-5-16(11-18)12-27-25(34)22-28-23(32)20-15(3)13-38-26(20)29-22/h4-11,13-14,21,31,35H,12H2,1-3H3,(H,27,34)(H,30,33)(H,28,29,32). The van der Waals surface area contributed by atoms with Gasteiger partial charge in [0.1, 0.15) is 10.9 Å². The third-order valence-electron chi connectivity index (χ3n) is 6.06. The van der Waals surface area contributed by atoms with E-state index in [-0.39, 0.29) is 22.8 Å². The maximum absolute atomic E-state index is 12.8. The maximum atomic E-state index is 12.8. The molecule has 0 aliphatic heterocycles. The minimum Gasteiger partial charge on any atom is -0.345 e. The Hall–Kier alpha value is -3.91. The maximum Gasteiger partial charge on any atom is 0.287 e. The van der Waals surface area contributed by atoms with Crippen molar-refractivity contribution in [2.45, 2.75) is 38.3 Å². The highest BCUT2D eigenvalue weighted by Gasteiger charge is 2.28. The molecule has 204 valence electrons. The van der Waals surface area contributed by atoms with E-state index in [4.69, 9.17) is 5.21 Å². The zero-order chi connectivity index (χ0) is 28.3. The molecule has 1 atom stereocenters. The molecule has 2 aromatic carbocycles. The summed E-state index contributed by atoms with van der Waals surface area (Å²) in [5, 5.41) is 14.0. The Kier molecular flexibility index (Phi) is 8.25. The molecule has 13 heteroatoms. The van der Waals surface area contributed by atoms with E-state index >= 15 is 0 Å². The van der Waals surface area contributed by atoms with Crippen molar-refractivity contribution in [1.29, 1.82) is 0 Å². The second-order valence-electron chi connectivity index (χ2n) is 9.24. The lowest BCUT2D eigenvalue weighted by atomic mass is 10.0. The molecule has 4 aromatic rings. The molecule has 0 aliphatic carbocycles. The van der Waals surface area contributed by atoms with E-state index < -0.39 is 33.8 Å². The van der Waals surface area contributed by atoms with Crippen LogP contribution in [0.1, 0.15) is 35.6 Å². The number of hydrogen-bond donors (Lipinski definition) is 5. The van der Waals surface area contributed by atoms with Crippen molar-refractivity contribution in [1.82, 2.24) is 25.5 Å². The summed E-state index contributed by atoms with van der Waals surface area (Å²) in [5.74, 6) is -1.82. The second-order valence-corrected chi connectivity index (χ2v) is 11.8. The number of aromatic nitrogens is 2. The lowest BCUT2D eigenvalue weighted by Gasteiger charge is -2.20. The van der Waals surface area contributed by atoms with Crippen molar-refractivity contribution in [3.05, 3.63) is 81.2 Å². The highest BCUT2D eigenvalue weighted by molar-refractivity contribution is 7.89. The number of thiophene rings is 1. The predicted molar refractivity (Wildman–Crippen MR) is 147 cm³/mol. The average Bonchev–Trinajstić information content (AvgIpc) is 3.31. The Bertz CT molecular complexity index is 1690. The largest absolute Gasteiger partial charge is 0.345 e. The topological polar surface area (TPSA) is 170 Å². The highest BCUT2D eigenvalue weighted by atomic mass is 32.2. The van der Waals surface area contributed by atoms with Gasteiger partial charge in [-0.15, -0.1) is 11.3 Å². The van der Waals surface area contributed by atoms with Gasteiger partial charge >= 0.3 is 0 Å². The van der Waals surface area contributed by atoms with Crippen LogP contribution in [0.25, 0.3) is 21.3 Å². The van der Waals surface area contributed by atoms with Crippen LogP contribution in [0, 0.1) is 12.8 Å². The quantitative estimate of drug-likeness (QED) is 0.152. The third kappa shape index (κ3) is 6.23. The first-order valence-corrected chi connectivity index (χ1v) is 14.3. The Morgan fingerprint density at radius 1 is 1.10 bits per heavy atom. The van der Waals surface area contributed by atoms with Gasteiger partial charge in [0.25, 0.3) is 17.4 Å². The van der Waals surface area contributed by atoms with Crippen LogP contribution in [0.15, 0.2) is 63.6 Å². The SMILES string of the molecule is Cc1csc2nc(C(=O)NCc3cccc(-c4ccc(S(=O)(=O)NC(C(=O)NO)C(C)C)cc4)c3)[nH]c(=O)c12. The van der Waals surface area contributed by atoms with Gasteiger partial charge in [0.05, 0.1) is 10.3 Å². The lowest BCUT2D eigenvalue weighted by Crippen LogP contribution is -2.48. The van der Waals surface area contributed by atoms with Gasteiger partial charge < -0.3 is 10.3 Å². The highest BCUT2D eigenvalue weighted by Crippen LogP contribution is 2.23. The molecule has 0 saturated heterocycles. The first-order valence-electron chi connectivity index (χ1n) is 11.9. The number of nitrogens with one attached hydrogen (secondary N) is 4. The molecular formula is C26H27N5O6S2.